The van der Waals surface area contributed by atoms with Gasteiger partial charge in [-0.1, -0.05) is 30.3 Å². The lowest BCUT2D eigenvalue weighted by Gasteiger charge is -2.02. The fourth-order valence-corrected chi connectivity index (χ4v) is 1.92. The van der Waals surface area contributed by atoms with E-state index in [0.717, 1.165) is 11.4 Å². The summed E-state index contributed by atoms with van der Waals surface area (Å²) in [5.74, 6) is 1.12. The van der Waals surface area contributed by atoms with Crippen molar-refractivity contribution in [2.75, 3.05) is 6.54 Å². The van der Waals surface area contributed by atoms with Gasteiger partial charge in [0.15, 0.2) is 5.82 Å². The summed E-state index contributed by atoms with van der Waals surface area (Å²) in [5.41, 5.74) is 1.25. The summed E-state index contributed by atoms with van der Waals surface area (Å²) >= 11 is 0. The van der Waals surface area contributed by atoms with E-state index in [9.17, 15) is 4.79 Å². The van der Waals surface area contributed by atoms with Crippen LogP contribution in [0.1, 0.15) is 16.3 Å². The van der Waals surface area contributed by atoms with Crippen LogP contribution in [0.5, 0.6) is 0 Å². The molecule has 110 valence electrons. The van der Waals surface area contributed by atoms with Crippen molar-refractivity contribution in [1.82, 2.24) is 30.5 Å². The minimum atomic E-state index is -0.254. The van der Waals surface area contributed by atoms with Crippen LogP contribution in [0.4, 0.5) is 0 Å². The number of nitrogens with one attached hydrogen (secondary N) is 2. The Kier molecular flexibility index (Phi) is 4.15. The van der Waals surface area contributed by atoms with E-state index >= 15 is 0 Å². The zero-order valence-corrected chi connectivity index (χ0v) is 11.7. The van der Waals surface area contributed by atoms with Crippen molar-refractivity contribution >= 4 is 5.91 Å². The Hall–Kier alpha value is -3.09. The quantitative estimate of drug-likeness (QED) is 0.738. The summed E-state index contributed by atoms with van der Waals surface area (Å²) in [6.45, 7) is 0.443. The molecule has 0 saturated carbocycles. The first-order valence-electron chi connectivity index (χ1n) is 6.84. The molecule has 7 heteroatoms. The number of aromatic amines is 1. The monoisotopic (exact) mass is 294 g/mol. The van der Waals surface area contributed by atoms with Crippen molar-refractivity contribution in [1.29, 1.82) is 0 Å². The molecule has 1 amide bonds. The molecule has 0 fully saturated rings. The van der Waals surface area contributed by atoms with Crippen molar-refractivity contribution in [3.8, 4) is 11.4 Å². The van der Waals surface area contributed by atoms with Crippen molar-refractivity contribution in [2.45, 2.75) is 6.42 Å². The van der Waals surface area contributed by atoms with Gasteiger partial charge >= 0.3 is 0 Å². The number of rotatable bonds is 5. The number of H-pyrrole nitrogens is 1. The molecule has 0 aliphatic heterocycles. The van der Waals surface area contributed by atoms with Gasteiger partial charge in [0.2, 0.25) is 0 Å². The summed E-state index contributed by atoms with van der Waals surface area (Å²) in [5, 5.41) is 9.82. The molecule has 2 heterocycles. The molecule has 0 atom stereocenters. The molecule has 0 unspecified atom stereocenters. The highest BCUT2D eigenvalue weighted by atomic mass is 16.1. The Morgan fingerprint density at radius 2 is 2.05 bits per heavy atom. The summed E-state index contributed by atoms with van der Waals surface area (Å²) in [4.78, 5) is 24.0. The third-order valence-electron chi connectivity index (χ3n) is 3.01. The molecular formula is C15H14N6O. The second kappa shape index (κ2) is 6.57. The molecule has 2 aromatic heterocycles. The minimum Gasteiger partial charge on any atom is -0.350 e. The van der Waals surface area contributed by atoms with Crippen molar-refractivity contribution in [3.63, 3.8) is 0 Å². The zero-order valence-electron chi connectivity index (χ0n) is 11.7. The SMILES string of the molecule is O=C(NCCc1nc(-c2ccccc2)n[nH]1)c1cnccn1. The number of hydrogen-bond acceptors (Lipinski definition) is 5. The zero-order chi connectivity index (χ0) is 15.2. The minimum absolute atomic E-state index is 0.254. The van der Waals surface area contributed by atoms with Crippen LogP contribution in [0.15, 0.2) is 48.9 Å². The van der Waals surface area contributed by atoms with Crippen LogP contribution >= 0.6 is 0 Å². The van der Waals surface area contributed by atoms with Crippen LogP contribution < -0.4 is 5.32 Å². The standard InChI is InChI=1S/C15H14N6O/c22-15(12-10-16-8-9-17-12)18-7-6-13-19-14(21-20-13)11-4-2-1-3-5-11/h1-5,8-10H,6-7H2,(H,18,22)(H,19,20,21). The van der Waals surface area contributed by atoms with Crippen LogP contribution in [0.3, 0.4) is 0 Å². The Morgan fingerprint density at radius 3 is 2.82 bits per heavy atom. The number of amides is 1. The predicted molar refractivity (Wildman–Crippen MR) is 79.9 cm³/mol. The maximum atomic E-state index is 11.8. The van der Waals surface area contributed by atoms with Crippen LogP contribution in [-0.4, -0.2) is 37.6 Å². The number of carbonyl (C=O) groups excluding carboxylic acids is 1. The molecule has 0 saturated heterocycles. The molecule has 7 nitrogen and oxygen atoms in total. The largest absolute Gasteiger partial charge is 0.350 e. The molecule has 22 heavy (non-hydrogen) atoms. The Morgan fingerprint density at radius 1 is 1.18 bits per heavy atom. The van der Waals surface area contributed by atoms with Gasteiger partial charge in [-0.2, -0.15) is 5.10 Å². The second-order valence-electron chi connectivity index (χ2n) is 4.57. The molecule has 0 radical (unpaired) electrons. The van der Waals surface area contributed by atoms with E-state index in [0.29, 0.717) is 24.5 Å². The van der Waals surface area contributed by atoms with Crippen molar-refractivity contribution in [3.05, 3.63) is 60.4 Å². The molecule has 2 N–H and O–H groups in total. The van der Waals surface area contributed by atoms with E-state index < -0.39 is 0 Å². The van der Waals surface area contributed by atoms with Gasteiger partial charge in [-0.05, 0) is 0 Å². The van der Waals surface area contributed by atoms with Gasteiger partial charge in [-0.25, -0.2) is 9.97 Å². The van der Waals surface area contributed by atoms with E-state index in [1.165, 1.54) is 18.6 Å². The molecule has 1 aromatic carbocycles. The fraction of sp³-hybridized carbons (Fsp3) is 0.133. The predicted octanol–water partition coefficient (Wildman–Crippen LogP) is 1.23. The van der Waals surface area contributed by atoms with Crippen LogP contribution in [-0.2, 0) is 6.42 Å². The number of hydrogen-bond donors (Lipinski definition) is 2. The lowest BCUT2D eigenvalue weighted by Crippen LogP contribution is -2.26. The summed E-state index contributed by atoms with van der Waals surface area (Å²) in [6.07, 6.45) is 5.00. The first kappa shape index (κ1) is 13.9. The summed E-state index contributed by atoms with van der Waals surface area (Å²) < 4.78 is 0. The van der Waals surface area contributed by atoms with Crippen molar-refractivity contribution in [2.24, 2.45) is 0 Å². The third-order valence-corrected chi connectivity index (χ3v) is 3.01. The van der Waals surface area contributed by atoms with Crippen LogP contribution in [0.25, 0.3) is 11.4 Å². The third kappa shape index (κ3) is 3.32. The highest BCUT2D eigenvalue weighted by Gasteiger charge is 2.08. The summed E-state index contributed by atoms with van der Waals surface area (Å²) in [7, 11) is 0. The molecule has 0 aliphatic carbocycles. The Labute approximate surface area is 126 Å². The molecule has 0 spiro atoms. The molecule has 3 rings (SSSR count). The van der Waals surface area contributed by atoms with E-state index in [4.69, 9.17) is 0 Å². The average Bonchev–Trinajstić information content (AvgIpc) is 3.05. The first-order chi connectivity index (χ1) is 10.8. The number of aromatic nitrogens is 5. The lowest BCUT2D eigenvalue weighted by atomic mass is 10.2. The van der Waals surface area contributed by atoms with E-state index in [-0.39, 0.29) is 5.91 Å². The molecule has 0 bridgehead atoms. The molecule has 3 aromatic rings. The van der Waals surface area contributed by atoms with Gasteiger partial charge in [-0.3, -0.25) is 14.9 Å². The van der Waals surface area contributed by atoms with Gasteiger partial charge in [-0.15, -0.1) is 0 Å². The Balaban J connectivity index is 1.55. The first-order valence-corrected chi connectivity index (χ1v) is 6.84. The van der Waals surface area contributed by atoms with Gasteiger partial charge in [0, 0.05) is 30.9 Å². The van der Waals surface area contributed by atoms with Crippen molar-refractivity contribution < 1.29 is 4.79 Å². The van der Waals surface area contributed by atoms with E-state index in [1.807, 2.05) is 30.3 Å². The van der Waals surface area contributed by atoms with Crippen LogP contribution in [0, 0.1) is 0 Å². The van der Waals surface area contributed by atoms with Gasteiger partial charge in [0.25, 0.3) is 5.91 Å². The van der Waals surface area contributed by atoms with E-state index in [2.05, 4.69) is 30.5 Å². The number of carbonyl (C=O) groups is 1. The fourth-order valence-electron chi connectivity index (χ4n) is 1.92. The Bertz CT molecular complexity index is 741. The average molecular weight is 294 g/mol. The van der Waals surface area contributed by atoms with Gasteiger partial charge in [0.05, 0.1) is 6.20 Å². The summed E-state index contributed by atoms with van der Waals surface area (Å²) in [6, 6.07) is 9.71. The highest BCUT2D eigenvalue weighted by molar-refractivity contribution is 5.91. The molecular weight excluding hydrogens is 280 g/mol. The van der Waals surface area contributed by atoms with Crippen LogP contribution in [0.2, 0.25) is 0 Å². The normalized spacial score (nSPS) is 10.4. The topological polar surface area (TPSA) is 96.5 Å². The maximum Gasteiger partial charge on any atom is 0.271 e. The second-order valence-corrected chi connectivity index (χ2v) is 4.57. The highest BCUT2D eigenvalue weighted by Crippen LogP contribution is 2.13. The number of benzene rings is 1. The lowest BCUT2D eigenvalue weighted by molar-refractivity contribution is 0.0948. The van der Waals surface area contributed by atoms with E-state index in [1.54, 1.807) is 0 Å². The number of nitrogens with zero attached hydrogens (tertiary/aromatic N) is 4. The molecule has 0 aliphatic rings. The van der Waals surface area contributed by atoms with Gasteiger partial charge < -0.3 is 5.32 Å². The maximum absolute atomic E-state index is 11.8. The smallest absolute Gasteiger partial charge is 0.271 e. The van der Waals surface area contributed by atoms with Gasteiger partial charge in [0.1, 0.15) is 11.5 Å².